The highest BCUT2D eigenvalue weighted by molar-refractivity contribution is 9.10. The Morgan fingerprint density at radius 3 is 2.79 bits per heavy atom. The molecule has 19 heavy (non-hydrogen) atoms. The van der Waals surface area contributed by atoms with Crippen LogP contribution in [0, 0.1) is 0 Å². The molecule has 0 spiro atoms. The van der Waals surface area contributed by atoms with Crippen molar-refractivity contribution in [3.05, 3.63) is 33.5 Å². The molecule has 0 bridgehead atoms. The van der Waals surface area contributed by atoms with Crippen LogP contribution in [0.5, 0.6) is 0 Å². The first-order valence-corrected chi connectivity index (χ1v) is 7.61. The highest BCUT2D eigenvalue weighted by atomic mass is 79.9. The molecule has 0 radical (unpaired) electrons. The molecule has 2 aromatic rings. The first kappa shape index (κ1) is 13.0. The Bertz CT molecular complexity index is 632. The van der Waals surface area contributed by atoms with E-state index in [1.54, 1.807) is 0 Å². The van der Waals surface area contributed by atoms with Crippen LogP contribution in [0.15, 0.2) is 22.7 Å². The Morgan fingerprint density at radius 1 is 1.47 bits per heavy atom. The van der Waals surface area contributed by atoms with E-state index in [9.17, 15) is 0 Å². The van der Waals surface area contributed by atoms with Gasteiger partial charge in [0, 0.05) is 22.5 Å². The normalized spacial score (nSPS) is 14.9. The number of nitrogen functional groups attached to an aromatic ring is 1. The minimum atomic E-state index is 0.548. The molecule has 3 nitrogen and oxygen atoms in total. The number of anilines is 1. The van der Waals surface area contributed by atoms with E-state index in [0.29, 0.717) is 11.1 Å². The standard InChI is InChI=1S/C14H15BrClN3/c1-2-12-18-13(14(17)19(12)9-4-5-9)8-3-6-11(16)10(15)7-8/h3,6-7,9H,2,4-5,17H2,1H3. The van der Waals surface area contributed by atoms with Crippen LogP contribution in [0.25, 0.3) is 11.3 Å². The second-order valence-electron chi connectivity index (χ2n) is 4.85. The summed E-state index contributed by atoms with van der Waals surface area (Å²) in [5.41, 5.74) is 8.16. The summed E-state index contributed by atoms with van der Waals surface area (Å²) in [6.07, 6.45) is 3.31. The molecule has 0 saturated heterocycles. The van der Waals surface area contributed by atoms with Gasteiger partial charge in [0.25, 0.3) is 0 Å². The molecule has 1 aliphatic rings. The number of aromatic nitrogens is 2. The maximum atomic E-state index is 6.29. The second kappa shape index (κ2) is 4.84. The van der Waals surface area contributed by atoms with Gasteiger partial charge in [-0.05, 0) is 40.9 Å². The molecule has 0 unspecified atom stereocenters. The summed E-state index contributed by atoms with van der Waals surface area (Å²) in [5, 5.41) is 0.694. The summed E-state index contributed by atoms with van der Waals surface area (Å²) in [5.74, 6) is 1.84. The zero-order chi connectivity index (χ0) is 13.6. The lowest BCUT2D eigenvalue weighted by molar-refractivity contribution is 0.696. The van der Waals surface area contributed by atoms with Crippen molar-refractivity contribution in [1.29, 1.82) is 0 Å². The molecule has 5 heteroatoms. The monoisotopic (exact) mass is 339 g/mol. The van der Waals surface area contributed by atoms with Crippen LogP contribution in [0.3, 0.4) is 0 Å². The molecule has 1 aliphatic carbocycles. The third-order valence-electron chi connectivity index (χ3n) is 3.44. The molecule has 1 aromatic carbocycles. The highest BCUT2D eigenvalue weighted by Gasteiger charge is 2.29. The number of halogens is 2. The van der Waals surface area contributed by atoms with Crippen LogP contribution in [0.4, 0.5) is 5.82 Å². The maximum Gasteiger partial charge on any atom is 0.131 e. The van der Waals surface area contributed by atoms with Gasteiger partial charge in [0.2, 0.25) is 0 Å². The average Bonchev–Trinajstić information content (AvgIpc) is 3.17. The van der Waals surface area contributed by atoms with E-state index in [-0.39, 0.29) is 0 Å². The molecule has 100 valence electrons. The van der Waals surface area contributed by atoms with Crippen LogP contribution in [-0.4, -0.2) is 9.55 Å². The maximum absolute atomic E-state index is 6.29. The zero-order valence-corrected chi connectivity index (χ0v) is 13.0. The van der Waals surface area contributed by atoms with Gasteiger partial charge in [-0.3, -0.25) is 0 Å². The summed E-state index contributed by atoms with van der Waals surface area (Å²) in [6.45, 7) is 2.11. The van der Waals surface area contributed by atoms with E-state index < -0.39 is 0 Å². The van der Waals surface area contributed by atoms with E-state index in [0.717, 1.165) is 33.8 Å². The Hall–Kier alpha value is -1.00. The van der Waals surface area contributed by atoms with Crippen LogP contribution in [0.1, 0.15) is 31.6 Å². The van der Waals surface area contributed by atoms with E-state index in [4.69, 9.17) is 22.3 Å². The molecule has 3 rings (SSSR count). The van der Waals surface area contributed by atoms with Crippen molar-refractivity contribution in [3.63, 3.8) is 0 Å². The smallest absolute Gasteiger partial charge is 0.131 e. The van der Waals surface area contributed by atoms with Crippen LogP contribution >= 0.6 is 27.5 Å². The van der Waals surface area contributed by atoms with Gasteiger partial charge >= 0.3 is 0 Å². The molecule has 1 saturated carbocycles. The Balaban J connectivity index is 2.11. The molecule has 0 aliphatic heterocycles. The lowest BCUT2D eigenvalue weighted by Crippen LogP contribution is -2.04. The Kier molecular flexibility index (Phi) is 3.31. The molecule has 0 atom stereocenters. The van der Waals surface area contributed by atoms with E-state index in [1.807, 2.05) is 18.2 Å². The molecular weight excluding hydrogens is 326 g/mol. The molecule has 1 aromatic heterocycles. The quantitative estimate of drug-likeness (QED) is 0.897. The van der Waals surface area contributed by atoms with Gasteiger partial charge < -0.3 is 10.3 Å². The van der Waals surface area contributed by atoms with Gasteiger partial charge in [0.1, 0.15) is 17.3 Å². The van der Waals surface area contributed by atoms with Gasteiger partial charge in [-0.1, -0.05) is 24.6 Å². The number of nitrogens with zero attached hydrogens (tertiary/aromatic N) is 2. The van der Waals surface area contributed by atoms with Crippen LogP contribution in [-0.2, 0) is 6.42 Å². The van der Waals surface area contributed by atoms with Gasteiger partial charge in [-0.2, -0.15) is 0 Å². The average molecular weight is 341 g/mol. The number of rotatable bonds is 3. The van der Waals surface area contributed by atoms with Gasteiger partial charge in [0.05, 0.1) is 5.02 Å². The number of imidazole rings is 1. The SMILES string of the molecule is CCc1nc(-c2ccc(Cl)c(Br)c2)c(N)n1C1CC1. The third-order valence-corrected chi connectivity index (χ3v) is 4.66. The molecule has 0 amide bonds. The fraction of sp³-hybridized carbons (Fsp3) is 0.357. The summed E-state index contributed by atoms with van der Waals surface area (Å²) in [6, 6.07) is 6.34. The van der Waals surface area contributed by atoms with Crippen LogP contribution in [0.2, 0.25) is 5.02 Å². The molecule has 1 heterocycles. The summed E-state index contributed by atoms with van der Waals surface area (Å²) < 4.78 is 3.06. The molecule has 1 fully saturated rings. The molecular formula is C14H15BrClN3. The number of hydrogen-bond donors (Lipinski definition) is 1. The predicted molar refractivity (Wildman–Crippen MR) is 82.4 cm³/mol. The largest absolute Gasteiger partial charge is 0.383 e. The van der Waals surface area contributed by atoms with Crippen molar-refractivity contribution in [3.8, 4) is 11.3 Å². The first-order chi connectivity index (χ1) is 9.11. The van der Waals surface area contributed by atoms with Gasteiger partial charge in [-0.15, -0.1) is 0 Å². The number of benzene rings is 1. The minimum Gasteiger partial charge on any atom is -0.383 e. The van der Waals surface area contributed by atoms with Crippen LogP contribution < -0.4 is 5.73 Å². The fourth-order valence-corrected chi connectivity index (χ4v) is 2.84. The number of nitrogens with two attached hydrogens (primary N) is 1. The second-order valence-corrected chi connectivity index (χ2v) is 6.11. The van der Waals surface area contributed by atoms with E-state index >= 15 is 0 Å². The summed E-state index contributed by atoms with van der Waals surface area (Å²) in [7, 11) is 0. The van der Waals surface area contributed by atoms with E-state index in [2.05, 4.69) is 27.4 Å². The van der Waals surface area contributed by atoms with Crippen molar-refractivity contribution in [2.75, 3.05) is 5.73 Å². The van der Waals surface area contributed by atoms with Crippen molar-refractivity contribution in [1.82, 2.24) is 9.55 Å². The lowest BCUT2D eigenvalue weighted by Gasteiger charge is -2.06. The van der Waals surface area contributed by atoms with Gasteiger partial charge in [-0.25, -0.2) is 4.98 Å². The van der Waals surface area contributed by atoms with Crippen molar-refractivity contribution >= 4 is 33.3 Å². The van der Waals surface area contributed by atoms with Crippen molar-refractivity contribution < 1.29 is 0 Å². The first-order valence-electron chi connectivity index (χ1n) is 6.43. The predicted octanol–water partition coefficient (Wildman–Crippen LogP) is 4.45. The Labute approximate surface area is 125 Å². The Morgan fingerprint density at radius 2 is 2.21 bits per heavy atom. The van der Waals surface area contributed by atoms with E-state index in [1.165, 1.54) is 12.8 Å². The number of hydrogen-bond acceptors (Lipinski definition) is 2. The number of aryl methyl sites for hydroxylation is 1. The minimum absolute atomic E-state index is 0.548. The van der Waals surface area contributed by atoms with Crippen molar-refractivity contribution in [2.45, 2.75) is 32.2 Å². The highest BCUT2D eigenvalue weighted by Crippen LogP contribution is 2.41. The third kappa shape index (κ3) is 2.28. The lowest BCUT2D eigenvalue weighted by atomic mass is 10.1. The zero-order valence-electron chi connectivity index (χ0n) is 10.7. The fourth-order valence-electron chi connectivity index (χ4n) is 2.34. The van der Waals surface area contributed by atoms with Gasteiger partial charge in [0.15, 0.2) is 0 Å². The molecule has 2 N–H and O–H groups in total. The van der Waals surface area contributed by atoms with Crippen molar-refractivity contribution in [2.24, 2.45) is 0 Å². The topological polar surface area (TPSA) is 43.8 Å². The summed E-state index contributed by atoms with van der Waals surface area (Å²) >= 11 is 9.47. The summed E-state index contributed by atoms with van der Waals surface area (Å²) in [4.78, 5) is 4.70.